The monoisotopic (exact) mass is 435 g/mol. The van der Waals surface area contributed by atoms with Crippen LogP contribution in [0.4, 0.5) is 18.9 Å². The molecule has 4 rings (SSSR count). The third-order valence-electron chi connectivity index (χ3n) is 5.41. The van der Waals surface area contributed by atoms with Crippen LogP contribution in [0.2, 0.25) is 0 Å². The van der Waals surface area contributed by atoms with Crippen molar-refractivity contribution in [3.63, 3.8) is 0 Å². The van der Waals surface area contributed by atoms with Crippen LogP contribution in [0.25, 0.3) is 0 Å². The average Bonchev–Trinajstić information content (AvgIpc) is 2.79. The van der Waals surface area contributed by atoms with Crippen molar-refractivity contribution >= 4 is 11.6 Å². The van der Waals surface area contributed by atoms with Crippen molar-refractivity contribution in [1.29, 1.82) is 0 Å². The number of halogens is 3. The SMILES string of the molecule is CNCCNC(=O)C1CCC2CNc3ccc(C(F)(F)F)cc3C2O1.c1ccccc1. The van der Waals surface area contributed by atoms with Crippen molar-refractivity contribution in [3.05, 3.63) is 65.7 Å². The minimum atomic E-state index is -4.40. The summed E-state index contributed by atoms with van der Waals surface area (Å²) in [5, 5.41) is 8.89. The summed E-state index contributed by atoms with van der Waals surface area (Å²) in [6.07, 6.45) is -4.22. The summed E-state index contributed by atoms with van der Waals surface area (Å²) in [7, 11) is 1.79. The van der Waals surface area contributed by atoms with E-state index in [1.165, 1.54) is 6.07 Å². The first kappa shape index (κ1) is 23.1. The number of nitrogens with one attached hydrogen (secondary N) is 3. The number of carbonyl (C=O) groups is 1. The molecule has 0 radical (unpaired) electrons. The molecule has 0 spiro atoms. The summed E-state index contributed by atoms with van der Waals surface area (Å²) >= 11 is 0. The number of hydrogen-bond donors (Lipinski definition) is 3. The molecule has 3 atom stereocenters. The second-order valence-electron chi connectivity index (χ2n) is 7.61. The molecule has 2 aliphatic rings. The molecule has 0 saturated carbocycles. The molecule has 3 unspecified atom stereocenters. The van der Waals surface area contributed by atoms with Gasteiger partial charge in [0.2, 0.25) is 5.91 Å². The number of fused-ring (bicyclic) bond motifs is 3. The molecular formula is C23H28F3N3O2. The lowest BCUT2D eigenvalue weighted by molar-refractivity contribution is -0.147. The highest BCUT2D eigenvalue weighted by Crippen LogP contribution is 2.44. The summed E-state index contributed by atoms with van der Waals surface area (Å²) in [4.78, 5) is 12.2. The van der Waals surface area contributed by atoms with E-state index in [1.54, 1.807) is 7.05 Å². The molecule has 3 N–H and O–H groups in total. The Labute approximate surface area is 180 Å². The molecule has 8 heteroatoms. The van der Waals surface area contributed by atoms with Gasteiger partial charge in [-0.25, -0.2) is 0 Å². The van der Waals surface area contributed by atoms with Gasteiger partial charge in [0.15, 0.2) is 0 Å². The molecule has 2 heterocycles. The van der Waals surface area contributed by atoms with Crippen molar-refractivity contribution < 1.29 is 22.7 Å². The smallest absolute Gasteiger partial charge is 0.384 e. The normalized spacial score (nSPS) is 22.1. The molecule has 0 aromatic heterocycles. The van der Waals surface area contributed by atoms with E-state index < -0.39 is 23.9 Å². The van der Waals surface area contributed by atoms with E-state index in [2.05, 4.69) is 16.0 Å². The van der Waals surface area contributed by atoms with E-state index in [0.717, 1.165) is 18.6 Å². The number of rotatable bonds is 4. The van der Waals surface area contributed by atoms with Gasteiger partial charge in [-0.15, -0.1) is 0 Å². The van der Waals surface area contributed by atoms with Gasteiger partial charge in [-0.1, -0.05) is 36.4 Å². The molecule has 0 bridgehead atoms. The van der Waals surface area contributed by atoms with Gasteiger partial charge < -0.3 is 20.7 Å². The Morgan fingerprint density at radius 1 is 1.10 bits per heavy atom. The fraction of sp³-hybridized carbons (Fsp3) is 0.435. The van der Waals surface area contributed by atoms with Gasteiger partial charge in [-0.2, -0.15) is 13.2 Å². The van der Waals surface area contributed by atoms with Crippen LogP contribution in [0.1, 0.15) is 30.1 Å². The van der Waals surface area contributed by atoms with Crippen LogP contribution in [-0.2, 0) is 15.7 Å². The molecule has 2 aliphatic heterocycles. The van der Waals surface area contributed by atoms with E-state index in [4.69, 9.17) is 4.74 Å². The zero-order valence-corrected chi connectivity index (χ0v) is 17.4. The van der Waals surface area contributed by atoms with Crippen LogP contribution in [0, 0.1) is 5.92 Å². The van der Waals surface area contributed by atoms with Crippen LogP contribution >= 0.6 is 0 Å². The van der Waals surface area contributed by atoms with Crippen molar-refractivity contribution in [3.8, 4) is 0 Å². The van der Waals surface area contributed by atoms with Gasteiger partial charge in [-0.3, -0.25) is 4.79 Å². The predicted molar refractivity (Wildman–Crippen MR) is 114 cm³/mol. The van der Waals surface area contributed by atoms with Crippen molar-refractivity contribution in [2.24, 2.45) is 5.92 Å². The van der Waals surface area contributed by atoms with E-state index >= 15 is 0 Å². The summed E-state index contributed by atoms with van der Waals surface area (Å²) in [6, 6.07) is 15.6. The summed E-state index contributed by atoms with van der Waals surface area (Å²) in [5.41, 5.74) is 0.433. The fourth-order valence-corrected chi connectivity index (χ4v) is 3.79. The number of benzene rings is 2. The highest BCUT2D eigenvalue weighted by Gasteiger charge is 2.40. The fourth-order valence-electron chi connectivity index (χ4n) is 3.79. The molecular weight excluding hydrogens is 407 g/mol. The lowest BCUT2D eigenvalue weighted by Gasteiger charge is -2.40. The maximum absolute atomic E-state index is 13.0. The standard InChI is InChI=1S/C17H22F3N3O2.C6H6/c1-21-6-7-22-16(24)14-5-2-10-9-23-13-4-3-11(17(18,19)20)8-12(13)15(10)25-14;1-2-4-6-5-3-1/h3-4,8,10,14-15,21,23H,2,5-7,9H2,1H3,(H,22,24);1-6H. The second-order valence-corrected chi connectivity index (χ2v) is 7.61. The maximum Gasteiger partial charge on any atom is 0.416 e. The van der Waals surface area contributed by atoms with Gasteiger partial charge in [0.25, 0.3) is 0 Å². The zero-order chi connectivity index (χ0) is 22.3. The first-order valence-corrected chi connectivity index (χ1v) is 10.4. The van der Waals surface area contributed by atoms with Crippen LogP contribution in [-0.4, -0.2) is 38.7 Å². The number of anilines is 1. The van der Waals surface area contributed by atoms with Crippen molar-refractivity contribution in [1.82, 2.24) is 10.6 Å². The minimum absolute atomic E-state index is 0.0670. The van der Waals surface area contributed by atoms with E-state index in [9.17, 15) is 18.0 Å². The van der Waals surface area contributed by atoms with Crippen LogP contribution < -0.4 is 16.0 Å². The Morgan fingerprint density at radius 3 is 2.39 bits per heavy atom. The number of ether oxygens (including phenoxy) is 1. The molecule has 1 amide bonds. The van der Waals surface area contributed by atoms with E-state index in [0.29, 0.717) is 37.3 Å². The molecule has 2 aromatic carbocycles. The van der Waals surface area contributed by atoms with Crippen molar-refractivity contribution in [2.75, 3.05) is 32.0 Å². The van der Waals surface area contributed by atoms with E-state index in [-0.39, 0.29) is 11.8 Å². The Hall–Kier alpha value is -2.58. The maximum atomic E-state index is 13.0. The molecule has 1 saturated heterocycles. The van der Waals surface area contributed by atoms with Gasteiger partial charge in [-0.05, 0) is 38.1 Å². The predicted octanol–water partition coefficient (Wildman–Crippen LogP) is 3.99. The Morgan fingerprint density at radius 2 is 1.77 bits per heavy atom. The molecule has 0 aliphatic carbocycles. The van der Waals surface area contributed by atoms with Gasteiger partial charge in [0, 0.05) is 36.8 Å². The topological polar surface area (TPSA) is 62.4 Å². The number of carbonyl (C=O) groups excluding carboxylic acids is 1. The van der Waals surface area contributed by atoms with Crippen LogP contribution in [0.15, 0.2) is 54.6 Å². The first-order valence-electron chi connectivity index (χ1n) is 10.4. The molecule has 31 heavy (non-hydrogen) atoms. The number of likely N-dealkylation sites (N-methyl/N-ethyl adjacent to an activating group) is 1. The number of hydrogen-bond acceptors (Lipinski definition) is 4. The number of alkyl halides is 3. The molecule has 1 fully saturated rings. The third kappa shape index (κ3) is 6.21. The Bertz CT molecular complexity index is 819. The molecule has 168 valence electrons. The molecule has 2 aromatic rings. The van der Waals surface area contributed by atoms with Gasteiger partial charge in [0.1, 0.15) is 6.10 Å². The van der Waals surface area contributed by atoms with Crippen LogP contribution in [0.3, 0.4) is 0 Å². The zero-order valence-electron chi connectivity index (χ0n) is 17.4. The first-order chi connectivity index (χ1) is 14.9. The van der Waals surface area contributed by atoms with Gasteiger partial charge in [0.05, 0.1) is 11.7 Å². The molecule has 5 nitrogen and oxygen atoms in total. The van der Waals surface area contributed by atoms with E-state index in [1.807, 2.05) is 36.4 Å². The average molecular weight is 435 g/mol. The lowest BCUT2D eigenvalue weighted by Crippen LogP contribution is -2.45. The van der Waals surface area contributed by atoms with Crippen molar-refractivity contribution in [2.45, 2.75) is 31.2 Å². The summed E-state index contributed by atoms with van der Waals surface area (Å²) in [6.45, 7) is 1.77. The number of amides is 1. The minimum Gasteiger partial charge on any atom is -0.384 e. The highest BCUT2D eigenvalue weighted by atomic mass is 19.4. The Balaban J connectivity index is 0.000000391. The summed E-state index contributed by atoms with van der Waals surface area (Å²) < 4.78 is 45.0. The van der Waals surface area contributed by atoms with Gasteiger partial charge >= 0.3 is 6.18 Å². The van der Waals surface area contributed by atoms with Crippen LogP contribution in [0.5, 0.6) is 0 Å². The second kappa shape index (κ2) is 10.6. The highest BCUT2D eigenvalue weighted by molar-refractivity contribution is 5.81. The largest absolute Gasteiger partial charge is 0.416 e. The Kier molecular flexibility index (Phi) is 7.92. The quantitative estimate of drug-likeness (QED) is 0.636. The summed E-state index contributed by atoms with van der Waals surface area (Å²) in [5.74, 6) is -0.141. The third-order valence-corrected chi connectivity index (χ3v) is 5.41. The lowest BCUT2D eigenvalue weighted by atomic mass is 9.83.